The van der Waals surface area contributed by atoms with E-state index in [1.54, 1.807) is 0 Å². The molecule has 0 amide bonds. The summed E-state index contributed by atoms with van der Waals surface area (Å²) in [6.45, 7) is 7.51. The highest BCUT2D eigenvalue weighted by molar-refractivity contribution is 5.60. The van der Waals surface area contributed by atoms with Gasteiger partial charge in [-0.05, 0) is 40.4 Å². The Balaban J connectivity index is 2.61. The summed E-state index contributed by atoms with van der Waals surface area (Å²) in [5, 5.41) is 0. The van der Waals surface area contributed by atoms with Crippen LogP contribution < -0.4 is 0 Å². The molecular weight excluding hydrogens is 224 g/mol. The lowest BCUT2D eigenvalue weighted by atomic mass is 9.74. The van der Waals surface area contributed by atoms with Gasteiger partial charge in [-0.15, -0.1) is 0 Å². The Bertz CT molecular complexity index is 247. The third kappa shape index (κ3) is 4.36. The number of rotatable bonds is 7. The predicted octanol–water partition coefficient (Wildman–Crippen LogP) is 2.41. The maximum Gasteiger partial charge on any atom is 0.127 e. The van der Waals surface area contributed by atoms with Gasteiger partial charge in [0.1, 0.15) is 6.29 Å². The van der Waals surface area contributed by atoms with Crippen LogP contribution in [0.25, 0.3) is 0 Å². The Kier molecular flexibility index (Phi) is 6.30. The number of carbonyl (C=O) groups excluding carboxylic acids is 1. The Morgan fingerprint density at radius 2 is 1.83 bits per heavy atom. The van der Waals surface area contributed by atoms with E-state index in [1.807, 2.05) is 0 Å². The molecule has 0 spiro atoms. The van der Waals surface area contributed by atoms with Gasteiger partial charge in [0.15, 0.2) is 0 Å². The highest BCUT2D eigenvalue weighted by Crippen LogP contribution is 2.35. The van der Waals surface area contributed by atoms with Crippen molar-refractivity contribution in [3.63, 3.8) is 0 Å². The summed E-state index contributed by atoms with van der Waals surface area (Å²) >= 11 is 0. The van der Waals surface area contributed by atoms with Crippen molar-refractivity contribution in [1.82, 2.24) is 9.80 Å². The molecular formula is C15H30N2O. The number of aldehydes is 1. The van der Waals surface area contributed by atoms with Crippen LogP contribution in [-0.2, 0) is 4.79 Å². The maximum absolute atomic E-state index is 11.5. The Morgan fingerprint density at radius 1 is 1.22 bits per heavy atom. The molecule has 0 heterocycles. The van der Waals surface area contributed by atoms with Crippen molar-refractivity contribution in [2.45, 2.75) is 52.0 Å². The lowest BCUT2D eigenvalue weighted by molar-refractivity contribution is -0.119. The lowest BCUT2D eigenvalue weighted by Gasteiger charge is -2.39. The summed E-state index contributed by atoms with van der Waals surface area (Å²) in [4.78, 5) is 16.2. The summed E-state index contributed by atoms with van der Waals surface area (Å²) in [5.74, 6) is 0. The molecule has 18 heavy (non-hydrogen) atoms. The van der Waals surface area contributed by atoms with Gasteiger partial charge in [-0.2, -0.15) is 0 Å². The molecule has 0 bridgehead atoms. The first-order valence-electron chi connectivity index (χ1n) is 7.38. The average Bonchev–Trinajstić information content (AvgIpc) is 2.36. The van der Waals surface area contributed by atoms with E-state index in [1.165, 1.54) is 25.5 Å². The third-order valence-electron chi connectivity index (χ3n) is 4.28. The van der Waals surface area contributed by atoms with Crippen LogP contribution in [0.1, 0.15) is 46.0 Å². The Labute approximate surface area is 113 Å². The second kappa shape index (κ2) is 7.25. The first-order valence-corrected chi connectivity index (χ1v) is 7.38. The zero-order valence-corrected chi connectivity index (χ0v) is 12.6. The molecule has 3 nitrogen and oxygen atoms in total. The minimum absolute atomic E-state index is 0.0607. The highest BCUT2D eigenvalue weighted by atomic mass is 16.1. The van der Waals surface area contributed by atoms with E-state index in [0.717, 1.165) is 32.5 Å². The fourth-order valence-electron chi connectivity index (χ4n) is 3.20. The normalized spacial score (nSPS) is 21.2. The van der Waals surface area contributed by atoms with Gasteiger partial charge < -0.3 is 9.69 Å². The van der Waals surface area contributed by atoms with Gasteiger partial charge >= 0.3 is 0 Å². The topological polar surface area (TPSA) is 23.6 Å². The number of nitrogens with zero attached hydrogens (tertiary/aromatic N) is 2. The fraction of sp³-hybridized carbons (Fsp3) is 0.933. The zero-order chi connectivity index (χ0) is 13.6. The van der Waals surface area contributed by atoms with E-state index in [0.29, 0.717) is 6.04 Å². The van der Waals surface area contributed by atoms with Crippen LogP contribution in [-0.4, -0.2) is 55.9 Å². The molecule has 0 aliphatic heterocycles. The van der Waals surface area contributed by atoms with Crippen molar-refractivity contribution in [3.8, 4) is 0 Å². The second-order valence-electron chi connectivity index (χ2n) is 6.22. The van der Waals surface area contributed by atoms with Gasteiger partial charge in [-0.3, -0.25) is 4.90 Å². The molecule has 3 heteroatoms. The molecule has 0 aromatic rings. The predicted molar refractivity (Wildman–Crippen MR) is 76.8 cm³/mol. The van der Waals surface area contributed by atoms with Gasteiger partial charge in [0, 0.05) is 24.5 Å². The van der Waals surface area contributed by atoms with Gasteiger partial charge in [0.2, 0.25) is 0 Å². The molecule has 0 radical (unpaired) electrons. The van der Waals surface area contributed by atoms with Crippen molar-refractivity contribution in [1.29, 1.82) is 0 Å². The van der Waals surface area contributed by atoms with Crippen LogP contribution >= 0.6 is 0 Å². The number of hydrogen-bond acceptors (Lipinski definition) is 3. The molecule has 0 aromatic heterocycles. The van der Waals surface area contributed by atoms with Gasteiger partial charge in [-0.1, -0.05) is 26.2 Å². The molecule has 1 rings (SSSR count). The Hall–Kier alpha value is -0.410. The molecule has 1 aliphatic rings. The molecule has 1 unspecified atom stereocenters. The third-order valence-corrected chi connectivity index (χ3v) is 4.28. The van der Waals surface area contributed by atoms with Crippen molar-refractivity contribution in [2.24, 2.45) is 5.41 Å². The maximum atomic E-state index is 11.5. The van der Waals surface area contributed by atoms with Gasteiger partial charge in [-0.25, -0.2) is 0 Å². The second-order valence-corrected chi connectivity index (χ2v) is 6.22. The smallest absolute Gasteiger partial charge is 0.127 e. The van der Waals surface area contributed by atoms with Crippen molar-refractivity contribution < 1.29 is 4.79 Å². The van der Waals surface area contributed by atoms with Crippen LogP contribution in [0, 0.1) is 5.41 Å². The molecule has 0 saturated heterocycles. The summed E-state index contributed by atoms with van der Waals surface area (Å²) in [6, 6.07) is 0.517. The van der Waals surface area contributed by atoms with Crippen LogP contribution in [0.15, 0.2) is 0 Å². The summed E-state index contributed by atoms with van der Waals surface area (Å²) in [5.41, 5.74) is -0.0607. The lowest BCUT2D eigenvalue weighted by Crippen LogP contribution is -2.47. The van der Waals surface area contributed by atoms with E-state index >= 15 is 0 Å². The van der Waals surface area contributed by atoms with Crippen LogP contribution in [0.2, 0.25) is 0 Å². The van der Waals surface area contributed by atoms with E-state index in [4.69, 9.17) is 0 Å². The van der Waals surface area contributed by atoms with Gasteiger partial charge in [0.25, 0.3) is 0 Å². The molecule has 106 valence electrons. The van der Waals surface area contributed by atoms with Crippen LogP contribution in [0.5, 0.6) is 0 Å². The first-order chi connectivity index (χ1) is 8.53. The monoisotopic (exact) mass is 254 g/mol. The van der Waals surface area contributed by atoms with Crippen molar-refractivity contribution >= 4 is 6.29 Å². The quantitative estimate of drug-likeness (QED) is 0.652. The van der Waals surface area contributed by atoms with Crippen molar-refractivity contribution in [3.05, 3.63) is 0 Å². The standard InChI is InChI=1S/C15H30N2O/c1-5-17(14(2)11-16(3)4)12-15(13-18)9-7-6-8-10-15/h13-14H,5-12H2,1-4H3. The van der Waals surface area contributed by atoms with Crippen molar-refractivity contribution in [2.75, 3.05) is 33.7 Å². The number of carbonyl (C=O) groups is 1. The largest absolute Gasteiger partial charge is 0.308 e. The summed E-state index contributed by atoms with van der Waals surface area (Å²) in [6.07, 6.45) is 7.16. The molecule has 1 atom stereocenters. The first kappa shape index (κ1) is 15.6. The summed E-state index contributed by atoms with van der Waals surface area (Å²) < 4.78 is 0. The molecule has 1 aliphatic carbocycles. The minimum atomic E-state index is -0.0607. The van der Waals surface area contributed by atoms with Crippen LogP contribution in [0.3, 0.4) is 0 Å². The SMILES string of the molecule is CCN(CC1(C=O)CCCCC1)C(C)CN(C)C. The van der Waals surface area contributed by atoms with Crippen LogP contribution in [0.4, 0.5) is 0 Å². The fourth-order valence-corrected chi connectivity index (χ4v) is 3.20. The average molecular weight is 254 g/mol. The van der Waals surface area contributed by atoms with E-state index in [2.05, 4.69) is 37.7 Å². The van der Waals surface area contributed by atoms with E-state index in [9.17, 15) is 4.79 Å². The Morgan fingerprint density at radius 3 is 2.28 bits per heavy atom. The highest BCUT2D eigenvalue weighted by Gasteiger charge is 2.34. The number of likely N-dealkylation sites (N-methyl/N-ethyl adjacent to an activating group) is 2. The summed E-state index contributed by atoms with van der Waals surface area (Å²) in [7, 11) is 4.22. The molecule has 0 N–H and O–H groups in total. The molecule has 1 saturated carbocycles. The molecule has 0 aromatic carbocycles. The zero-order valence-electron chi connectivity index (χ0n) is 12.6. The molecule has 1 fully saturated rings. The van der Waals surface area contributed by atoms with E-state index in [-0.39, 0.29) is 5.41 Å². The van der Waals surface area contributed by atoms with E-state index < -0.39 is 0 Å². The minimum Gasteiger partial charge on any atom is -0.308 e. The number of hydrogen-bond donors (Lipinski definition) is 0. The van der Waals surface area contributed by atoms with Gasteiger partial charge in [0.05, 0.1) is 0 Å².